The average molecular weight is 222 g/mol. The first-order chi connectivity index (χ1) is 6.70. The lowest BCUT2D eigenvalue weighted by molar-refractivity contribution is -0.121. The predicted molar refractivity (Wildman–Crippen MR) is 58.4 cm³/mol. The molecule has 0 aliphatic carbocycles. The Hall–Kier alpha value is -0.280. The summed E-state index contributed by atoms with van der Waals surface area (Å²) in [5, 5.41) is 11.6. The Kier molecular flexibility index (Phi) is 9.10. The summed E-state index contributed by atoms with van der Waals surface area (Å²) in [6.45, 7) is 2.92. The Morgan fingerprint density at radius 1 is 1.50 bits per heavy atom. The Morgan fingerprint density at radius 2 is 2.21 bits per heavy atom. The number of carbonyl (C=O) groups is 1. The van der Waals surface area contributed by atoms with E-state index in [1.54, 1.807) is 0 Å². The van der Waals surface area contributed by atoms with Crippen molar-refractivity contribution in [1.82, 2.24) is 5.32 Å². The summed E-state index contributed by atoms with van der Waals surface area (Å²) in [6, 6.07) is 0. The van der Waals surface area contributed by atoms with E-state index in [-0.39, 0.29) is 12.5 Å². The van der Waals surface area contributed by atoms with Crippen molar-refractivity contribution < 1.29 is 9.90 Å². The molecular weight excluding hydrogens is 202 g/mol. The summed E-state index contributed by atoms with van der Waals surface area (Å²) in [5.74, 6) is 0.937. The number of amides is 1. The van der Waals surface area contributed by atoms with E-state index in [1.807, 2.05) is 6.92 Å². The van der Waals surface area contributed by atoms with Crippen LogP contribution in [0.1, 0.15) is 32.6 Å². The number of alkyl halides is 1. The molecule has 3 nitrogen and oxygen atoms in total. The Labute approximate surface area is 90.8 Å². The molecule has 2 N–H and O–H groups in total. The van der Waals surface area contributed by atoms with Gasteiger partial charge in [0.05, 0.1) is 0 Å². The molecule has 1 amide bonds. The molecule has 0 saturated carbocycles. The van der Waals surface area contributed by atoms with E-state index in [0.717, 1.165) is 19.3 Å². The van der Waals surface area contributed by atoms with Gasteiger partial charge in [0.2, 0.25) is 5.91 Å². The second-order valence-corrected chi connectivity index (χ2v) is 3.95. The van der Waals surface area contributed by atoms with Crippen LogP contribution in [0.5, 0.6) is 0 Å². The number of rotatable bonds is 8. The minimum absolute atomic E-state index is 0.0716. The first kappa shape index (κ1) is 13.7. The van der Waals surface area contributed by atoms with E-state index in [1.165, 1.54) is 0 Å². The smallest absolute Gasteiger partial charge is 0.220 e. The molecule has 0 aliphatic rings. The van der Waals surface area contributed by atoms with Crippen LogP contribution in [-0.4, -0.2) is 30.0 Å². The van der Waals surface area contributed by atoms with Gasteiger partial charge in [0.15, 0.2) is 0 Å². The predicted octanol–water partition coefficient (Wildman–Crippen LogP) is 1.53. The molecule has 0 rings (SSSR count). The van der Waals surface area contributed by atoms with Gasteiger partial charge in [-0.2, -0.15) is 0 Å². The van der Waals surface area contributed by atoms with Gasteiger partial charge in [-0.05, 0) is 25.2 Å². The van der Waals surface area contributed by atoms with Gasteiger partial charge in [-0.15, -0.1) is 11.6 Å². The molecule has 0 heterocycles. The van der Waals surface area contributed by atoms with Crippen molar-refractivity contribution in [3.05, 3.63) is 0 Å². The highest BCUT2D eigenvalue weighted by atomic mass is 35.5. The monoisotopic (exact) mass is 221 g/mol. The van der Waals surface area contributed by atoms with Gasteiger partial charge in [0.1, 0.15) is 0 Å². The van der Waals surface area contributed by atoms with Crippen LogP contribution in [0.25, 0.3) is 0 Å². The molecule has 0 spiro atoms. The van der Waals surface area contributed by atoms with Gasteiger partial charge in [0, 0.05) is 25.5 Å². The SMILES string of the molecule is CC(CO)CCCNC(=O)CCCCl. The zero-order chi connectivity index (χ0) is 10.8. The number of aliphatic hydroxyl groups excluding tert-OH is 1. The fraction of sp³-hybridized carbons (Fsp3) is 0.900. The highest BCUT2D eigenvalue weighted by Gasteiger charge is 2.01. The lowest BCUT2D eigenvalue weighted by atomic mass is 10.1. The molecule has 0 bridgehead atoms. The maximum atomic E-state index is 11.1. The number of halogens is 1. The van der Waals surface area contributed by atoms with Crippen LogP contribution in [0, 0.1) is 5.92 Å². The summed E-state index contributed by atoms with van der Waals surface area (Å²) in [4.78, 5) is 11.1. The molecule has 14 heavy (non-hydrogen) atoms. The number of nitrogens with one attached hydrogen (secondary N) is 1. The molecule has 0 radical (unpaired) electrons. The highest BCUT2D eigenvalue weighted by molar-refractivity contribution is 6.17. The van der Waals surface area contributed by atoms with Crippen LogP contribution in [0.4, 0.5) is 0 Å². The fourth-order valence-corrected chi connectivity index (χ4v) is 1.22. The summed E-state index contributed by atoms with van der Waals surface area (Å²) in [6.07, 6.45) is 3.13. The summed E-state index contributed by atoms with van der Waals surface area (Å²) < 4.78 is 0. The number of aliphatic hydroxyl groups is 1. The fourth-order valence-electron chi connectivity index (χ4n) is 1.09. The number of hydrogen-bond acceptors (Lipinski definition) is 2. The second-order valence-electron chi connectivity index (χ2n) is 3.57. The first-order valence-electron chi connectivity index (χ1n) is 5.14. The topological polar surface area (TPSA) is 49.3 Å². The largest absolute Gasteiger partial charge is 0.396 e. The third kappa shape index (κ3) is 8.32. The summed E-state index contributed by atoms with van der Waals surface area (Å²) in [7, 11) is 0. The Balaban J connectivity index is 3.22. The van der Waals surface area contributed by atoms with Gasteiger partial charge in [-0.3, -0.25) is 4.79 Å². The molecule has 0 aliphatic heterocycles. The third-order valence-corrected chi connectivity index (χ3v) is 2.31. The quantitative estimate of drug-likeness (QED) is 0.483. The van der Waals surface area contributed by atoms with Crippen molar-refractivity contribution in [2.45, 2.75) is 32.6 Å². The minimum atomic E-state index is 0.0716. The zero-order valence-electron chi connectivity index (χ0n) is 8.76. The van der Waals surface area contributed by atoms with Gasteiger partial charge in [-0.1, -0.05) is 6.92 Å². The maximum absolute atomic E-state index is 11.1. The Bertz CT molecular complexity index is 153. The molecule has 0 aromatic rings. The number of carbonyl (C=O) groups excluding carboxylic acids is 1. The number of hydrogen-bond donors (Lipinski definition) is 2. The molecule has 84 valence electrons. The van der Waals surface area contributed by atoms with E-state index in [9.17, 15) is 4.79 Å². The van der Waals surface area contributed by atoms with E-state index < -0.39 is 0 Å². The molecule has 1 unspecified atom stereocenters. The molecule has 0 aromatic heterocycles. The standard InChI is InChI=1S/C10H20ClNO2/c1-9(8-13)4-3-7-12-10(14)5-2-6-11/h9,13H,2-8H2,1H3,(H,12,14). The van der Waals surface area contributed by atoms with E-state index >= 15 is 0 Å². The van der Waals surface area contributed by atoms with Crippen molar-refractivity contribution >= 4 is 17.5 Å². The van der Waals surface area contributed by atoms with Crippen LogP contribution in [0.2, 0.25) is 0 Å². The Morgan fingerprint density at radius 3 is 2.79 bits per heavy atom. The lowest BCUT2D eigenvalue weighted by Gasteiger charge is -2.08. The average Bonchev–Trinajstić information content (AvgIpc) is 2.21. The van der Waals surface area contributed by atoms with E-state index in [2.05, 4.69) is 5.32 Å². The molecule has 1 atom stereocenters. The molecule has 0 fully saturated rings. The highest BCUT2D eigenvalue weighted by Crippen LogP contribution is 2.02. The van der Waals surface area contributed by atoms with Crippen LogP contribution in [0.3, 0.4) is 0 Å². The van der Waals surface area contributed by atoms with Crippen molar-refractivity contribution in [3.63, 3.8) is 0 Å². The third-order valence-electron chi connectivity index (χ3n) is 2.05. The van der Waals surface area contributed by atoms with Crippen molar-refractivity contribution in [1.29, 1.82) is 0 Å². The molecule has 0 aromatic carbocycles. The van der Waals surface area contributed by atoms with Crippen molar-refractivity contribution in [3.8, 4) is 0 Å². The van der Waals surface area contributed by atoms with Crippen LogP contribution >= 0.6 is 11.6 Å². The summed E-state index contributed by atoms with van der Waals surface area (Å²) >= 11 is 5.46. The van der Waals surface area contributed by atoms with Crippen LogP contribution < -0.4 is 5.32 Å². The zero-order valence-corrected chi connectivity index (χ0v) is 9.52. The van der Waals surface area contributed by atoms with E-state index in [4.69, 9.17) is 16.7 Å². The second kappa shape index (κ2) is 9.28. The van der Waals surface area contributed by atoms with Crippen molar-refractivity contribution in [2.24, 2.45) is 5.92 Å². The van der Waals surface area contributed by atoms with Gasteiger partial charge >= 0.3 is 0 Å². The normalized spacial score (nSPS) is 12.5. The van der Waals surface area contributed by atoms with Crippen LogP contribution in [-0.2, 0) is 4.79 Å². The minimum Gasteiger partial charge on any atom is -0.396 e. The van der Waals surface area contributed by atoms with E-state index in [0.29, 0.717) is 24.8 Å². The van der Waals surface area contributed by atoms with Gasteiger partial charge in [0.25, 0.3) is 0 Å². The maximum Gasteiger partial charge on any atom is 0.220 e. The molecular formula is C10H20ClNO2. The van der Waals surface area contributed by atoms with Crippen LogP contribution in [0.15, 0.2) is 0 Å². The first-order valence-corrected chi connectivity index (χ1v) is 5.67. The van der Waals surface area contributed by atoms with Crippen molar-refractivity contribution in [2.75, 3.05) is 19.0 Å². The van der Waals surface area contributed by atoms with Gasteiger partial charge in [-0.25, -0.2) is 0 Å². The van der Waals surface area contributed by atoms with Gasteiger partial charge < -0.3 is 10.4 Å². The molecule has 4 heteroatoms. The summed E-state index contributed by atoms with van der Waals surface area (Å²) in [5.41, 5.74) is 0. The molecule has 0 saturated heterocycles. The lowest BCUT2D eigenvalue weighted by Crippen LogP contribution is -2.24.